The number of benzene rings is 2. The lowest BCUT2D eigenvalue weighted by Gasteiger charge is -2.31. The van der Waals surface area contributed by atoms with E-state index in [2.05, 4.69) is 60.7 Å². The molecular formula is C24H32B2P2+2. The van der Waals surface area contributed by atoms with Crippen molar-refractivity contribution in [2.75, 3.05) is 24.6 Å². The Morgan fingerprint density at radius 2 is 1.04 bits per heavy atom. The Bertz CT molecular complexity index is 688. The third kappa shape index (κ3) is 4.77. The zero-order valence-electron chi connectivity index (χ0n) is 17.0. The minimum atomic E-state index is -1.35. The van der Waals surface area contributed by atoms with E-state index in [1.165, 1.54) is 74.3 Å². The van der Waals surface area contributed by atoms with Crippen molar-refractivity contribution in [2.24, 2.45) is 0 Å². The quantitative estimate of drug-likeness (QED) is 0.393. The van der Waals surface area contributed by atoms with Gasteiger partial charge in [-0.3, -0.25) is 0 Å². The second-order valence-corrected chi connectivity index (χ2v) is 16.7. The van der Waals surface area contributed by atoms with Gasteiger partial charge in [0.25, 0.3) is 0 Å². The first kappa shape index (κ1) is 20.7. The monoisotopic (exact) mass is 404 g/mol. The van der Waals surface area contributed by atoms with Gasteiger partial charge in [0.05, 0.1) is 23.6 Å². The Morgan fingerprint density at radius 3 is 1.43 bits per heavy atom. The van der Waals surface area contributed by atoms with E-state index in [0.29, 0.717) is 0 Å². The van der Waals surface area contributed by atoms with Gasteiger partial charge in [0, 0.05) is 25.2 Å². The van der Waals surface area contributed by atoms with Crippen LogP contribution in [0.5, 0.6) is 0 Å². The molecule has 0 amide bonds. The molecule has 2 aromatic rings. The van der Waals surface area contributed by atoms with E-state index >= 15 is 0 Å². The summed E-state index contributed by atoms with van der Waals surface area (Å²) in [6, 6.07) is 21.9. The predicted molar refractivity (Wildman–Crippen MR) is 131 cm³/mol. The van der Waals surface area contributed by atoms with E-state index in [1.807, 2.05) is 0 Å². The molecule has 142 valence electrons. The van der Waals surface area contributed by atoms with Crippen molar-refractivity contribution in [3.05, 3.63) is 71.8 Å². The van der Waals surface area contributed by atoms with Gasteiger partial charge in [-0.15, -0.1) is 0 Å². The van der Waals surface area contributed by atoms with Crippen LogP contribution in [-0.2, 0) is 12.8 Å². The van der Waals surface area contributed by atoms with Gasteiger partial charge in [-0.25, -0.2) is 0 Å². The summed E-state index contributed by atoms with van der Waals surface area (Å²) < 4.78 is 0. The van der Waals surface area contributed by atoms with Crippen molar-refractivity contribution < 1.29 is 0 Å². The van der Waals surface area contributed by atoms with Crippen LogP contribution in [0.4, 0.5) is 0 Å². The zero-order chi connectivity index (χ0) is 19.5. The van der Waals surface area contributed by atoms with E-state index in [-0.39, 0.29) is 0 Å². The highest BCUT2D eigenvalue weighted by molar-refractivity contribution is 8.01. The summed E-state index contributed by atoms with van der Waals surface area (Å²) in [6.45, 7) is 0. The molecule has 28 heavy (non-hydrogen) atoms. The summed E-state index contributed by atoms with van der Waals surface area (Å²) >= 11 is 0. The topological polar surface area (TPSA) is 0 Å². The fraction of sp³-hybridized carbons (Fsp3) is 0.500. The lowest BCUT2D eigenvalue weighted by molar-refractivity contribution is 0.771. The van der Waals surface area contributed by atoms with Crippen LogP contribution in [0.2, 0.25) is 0 Å². The third-order valence-electron chi connectivity index (χ3n) is 7.24. The molecule has 0 aromatic heterocycles. The van der Waals surface area contributed by atoms with Crippen molar-refractivity contribution in [3.63, 3.8) is 0 Å². The zero-order valence-corrected chi connectivity index (χ0v) is 18.8. The van der Waals surface area contributed by atoms with Crippen molar-refractivity contribution in [1.82, 2.24) is 0 Å². The summed E-state index contributed by atoms with van der Waals surface area (Å²) in [5.41, 5.74) is 4.36. The molecule has 4 heteroatoms. The molecule has 4 atom stereocenters. The average Bonchev–Trinajstić information content (AvgIpc) is 3.26. The first-order valence-corrected chi connectivity index (χ1v) is 15.6. The van der Waals surface area contributed by atoms with Crippen LogP contribution in [0.3, 0.4) is 0 Å². The first-order valence-electron chi connectivity index (χ1n) is 11.0. The summed E-state index contributed by atoms with van der Waals surface area (Å²) in [4.78, 5) is 0. The Kier molecular flexibility index (Phi) is 6.70. The van der Waals surface area contributed by atoms with Crippen LogP contribution in [0.15, 0.2) is 60.7 Å². The molecule has 2 aliphatic heterocycles. The van der Waals surface area contributed by atoms with Gasteiger partial charge in [0.15, 0.2) is 0 Å². The van der Waals surface area contributed by atoms with Crippen molar-refractivity contribution in [1.29, 1.82) is 0 Å². The molecule has 4 rings (SSSR count). The molecule has 0 aliphatic carbocycles. The maximum absolute atomic E-state index is 7.16. The van der Waals surface area contributed by atoms with E-state index in [4.69, 9.17) is 15.1 Å². The molecule has 2 saturated heterocycles. The molecule has 4 radical (unpaired) electrons. The van der Waals surface area contributed by atoms with Gasteiger partial charge < -0.3 is 0 Å². The normalized spacial score (nSPS) is 32.6. The smallest absolute Gasteiger partial charge is 0.0622 e. The van der Waals surface area contributed by atoms with Gasteiger partial charge >= 0.3 is 15.1 Å². The molecule has 0 spiro atoms. The fourth-order valence-electron chi connectivity index (χ4n) is 5.42. The first-order chi connectivity index (χ1) is 13.6. The average molecular weight is 404 g/mol. The Balaban J connectivity index is 1.40. The molecule has 0 bridgehead atoms. The summed E-state index contributed by atoms with van der Waals surface area (Å²) in [5.74, 6) is 0. The number of hydrogen-bond donors (Lipinski definition) is 0. The maximum Gasteiger partial charge on any atom is 0.365 e. The predicted octanol–water partition coefficient (Wildman–Crippen LogP) is 6.00. The second kappa shape index (κ2) is 9.06. The molecule has 2 aliphatic rings. The summed E-state index contributed by atoms with van der Waals surface area (Å²) in [5, 5.41) is 0. The number of rotatable bonds is 7. The molecule has 2 unspecified atom stereocenters. The highest BCUT2D eigenvalue weighted by Crippen LogP contribution is 2.71. The summed E-state index contributed by atoms with van der Waals surface area (Å²) in [6.07, 6.45) is 12.7. The Labute approximate surface area is 175 Å². The summed E-state index contributed by atoms with van der Waals surface area (Å²) in [7, 11) is 11.6. The largest absolute Gasteiger partial charge is 0.365 e. The van der Waals surface area contributed by atoms with E-state index in [0.717, 1.165) is 11.3 Å². The molecule has 2 heterocycles. The number of hydrogen-bond acceptors (Lipinski definition) is 0. The molecule has 0 nitrogen and oxygen atoms in total. The van der Waals surface area contributed by atoms with Crippen LogP contribution in [0.1, 0.15) is 36.8 Å². The van der Waals surface area contributed by atoms with Crippen molar-refractivity contribution >= 4 is 29.4 Å². The second-order valence-electron chi connectivity index (χ2n) is 9.07. The van der Waals surface area contributed by atoms with Crippen LogP contribution < -0.4 is 0 Å². The standard InChI is InChI=1S/C24H32B2P2/c25-27(15-7-13-23(27)19-21-9-3-1-4-10-21)17-18-28(26)16-8-14-24(28)20-22-11-5-2-6-12-22/h1-6,9-12,23-24H,7-8,13-20H2/q+2/t23-,24-,27?,28?/m1/s1. The maximum atomic E-state index is 7.16. The third-order valence-corrected chi connectivity index (χ3v) is 15.8. The van der Waals surface area contributed by atoms with Crippen LogP contribution in [0, 0.1) is 0 Å². The van der Waals surface area contributed by atoms with Crippen molar-refractivity contribution in [2.45, 2.75) is 49.8 Å². The van der Waals surface area contributed by atoms with E-state index in [1.54, 1.807) is 0 Å². The molecule has 0 saturated carbocycles. The van der Waals surface area contributed by atoms with Crippen LogP contribution in [0.25, 0.3) is 0 Å². The Hall–Kier alpha value is -0.570. The van der Waals surface area contributed by atoms with Crippen LogP contribution >= 0.6 is 14.3 Å². The van der Waals surface area contributed by atoms with Crippen LogP contribution in [-0.4, -0.2) is 51.1 Å². The SMILES string of the molecule is [B][P+]1(CC[P+]2([B])CCC[C@@H]2Cc2ccccc2)CCC[C@@H]1Cc1ccccc1. The lowest BCUT2D eigenvalue weighted by Crippen LogP contribution is -2.22. The van der Waals surface area contributed by atoms with Crippen molar-refractivity contribution in [3.8, 4) is 0 Å². The van der Waals surface area contributed by atoms with Gasteiger partial charge in [0.2, 0.25) is 0 Å². The fourth-order valence-corrected chi connectivity index (χ4v) is 14.4. The van der Waals surface area contributed by atoms with Gasteiger partial charge in [0.1, 0.15) is 0 Å². The molecule has 2 aromatic carbocycles. The molecular weight excluding hydrogens is 372 g/mol. The lowest BCUT2D eigenvalue weighted by atomic mass is 10.1. The minimum absolute atomic E-state index is 0.719. The molecule has 2 fully saturated rings. The Morgan fingerprint density at radius 1 is 0.643 bits per heavy atom. The molecule has 0 N–H and O–H groups in total. The van der Waals surface area contributed by atoms with E-state index < -0.39 is 14.3 Å². The van der Waals surface area contributed by atoms with Gasteiger partial charge in [-0.05, 0) is 51.1 Å². The minimum Gasteiger partial charge on any atom is -0.0622 e. The van der Waals surface area contributed by atoms with Gasteiger partial charge in [-0.2, -0.15) is 0 Å². The highest BCUT2D eigenvalue weighted by Gasteiger charge is 2.50. The van der Waals surface area contributed by atoms with Gasteiger partial charge in [-0.1, -0.05) is 60.7 Å². The highest BCUT2D eigenvalue weighted by atomic mass is 31.2. The van der Waals surface area contributed by atoms with E-state index in [9.17, 15) is 0 Å².